The van der Waals surface area contributed by atoms with Gasteiger partial charge in [-0.1, -0.05) is 18.2 Å². The third kappa shape index (κ3) is 2.38. The molecule has 6 nitrogen and oxygen atoms in total. The maximum Gasteiger partial charge on any atom is 0.349 e. The molecule has 0 saturated carbocycles. The number of carbonyl (C=O) groups excluding carboxylic acids is 1. The summed E-state index contributed by atoms with van der Waals surface area (Å²) in [5.41, 5.74) is 1.67. The van der Waals surface area contributed by atoms with Crippen LogP contribution in [0.25, 0.3) is 11.0 Å². The third-order valence-corrected chi connectivity index (χ3v) is 3.99. The molecule has 2 aromatic heterocycles. The van der Waals surface area contributed by atoms with Crippen molar-refractivity contribution in [1.29, 1.82) is 0 Å². The predicted octanol–water partition coefficient (Wildman–Crippen LogP) is 2.32. The Morgan fingerprint density at radius 1 is 1.17 bits per heavy atom. The van der Waals surface area contributed by atoms with E-state index in [1.807, 2.05) is 6.07 Å². The van der Waals surface area contributed by atoms with Gasteiger partial charge in [0.2, 0.25) is 0 Å². The number of aryl methyl sites for hydroxylation is 1. The summed E-state index contributed by atoms with van der Waals surface area (Å²) in [4.78, 5) is 32.8. The van der Waals surface area contributed by atoms with Crippen LogP contribution in [0.2, 0.25) is 0 Å². The van der Waals surface area contributed by atoms with Gasteiger partial charge >= 0.3 is 5.63 Å². The average molecular weight is 307 g/mol. The highest BCUT2D eigenvalue weighted by molar-refractivity contribution is 6.05. The molecular weight excluding hydrogens is 294 g/mol. The van der Waals surface area contributed by atoms with Crippen molar-refractivity contribution in [3.8, 4) is 0 Å². The molecule has 0 radical (unpaired) electrons. The minimum Gasteiger partial charge on any atom is -0.422 e. The van der Waals surface area contributed by atoms with Crippen LogP contribution in [-0.4, -0.2) is 15.9 Å². The Labute approximate surface area is 131 Å². The van der Waals surface area contributed by atoms with E-state index in [0.717, 1.165) is 30.5 Å². The summed E-state index contributed by atoms with van der Waals surface area (Å²) in [6.07, 6.45) is 4.15. The number of hydrogen-bond donors (Lipinski definition) is 1. The first-order valence-corrected chi connectivity index (χ1v) is 7.39. The van der Waals surface area contributed by atoms with Crippen LogP contribution in [0.3, 0.4) is 0 Å². The van der Waals surface area contributed by atoms with E-state index in [2.05, 4.69) is 15.3 Å². The van der Waals surface area contributed by atoms with Gasteiger partial charge in [0, 0.05) is 16.6 Å². The van der Waals surface area contributed by atoms with Gasteiger partial charge in [-0.3, -0.25) is 4.79 Å². The van der Waals surface area contributed by atoms with Crippen LogP contribution < -0.4 is 10.9 Å². The lowest BCUT2D eigenvalue weighted by molar-refractivity contribution is 0.102. The molecule has 0 spiro atoms. The van der Waals surface area contributed by atoms with Gasteiger partial charge in [0.15, 0.2) is 0 Å². The second-order valence-electron chi connectivity index (χ2n) is 5.44. The maximum absolute atomic E-state index is 12.4. The highest BCUT2D eigenvalue weighted by Crippen LogP contribution is 2.25. The Balaban J connectivity index is 1.72. The normalized spacial score (nSPS) is 13.0. The Morgan fingerprint density at radius 2 is 2.04 bits per heavy atom. The molecular formula is C17H13N3O3. The van der Waals surface area contributed by atoms with E-state index < -0.39 is 11.5 Å². The fourth-order valence-electron chi connectivity index (χ4n) is 2.86. The van der Waals surface area contributed by atoms with Crippen LogP contribution in [0.5, 0.6) is 0 Å². The topological polar surface area (TPSA) is 85.1 Å². The van der Waals surface area contributed by atoms with Crippen LogP contribution in [-0.2, 0) is 12.8 Å². The van der Waals surface area contributed by atoms with Gasteiger partial charge < -0.3 is 9.73 Å². The standard InChI is InChI=1S/C17H13N3O3/c21-16(20-15-11-5-3-6-13(11)18-9-19-15)12-8-10-4-1-2-7-14(10)23-17(12)22/h1-2,4,7-9H,3,5-6H2,(H,18,19,20,21). The van der Waals surface area contributed by atoms with Gasteiger partial charge in [-0.2, -0.15) is 0 Å². The molecule has 0 fully saturated rings. The molecule has 1 aliphatic rings. The lowest BCUT2D eigenvalue weighted by Gasteiger charge is -2.08. The number of nitrogens with one attached hydrogen (secondary N) is 1. The van der Waals surface area contributed by atoms with Crippen LogP contribution in [0.15, 0.2) is 45.9 Å². The van der Waals surface area contributed by atoms with Crippen LogP contribution >= 0.6 is 0 Å². The maximum atomic E-state index is 12.4. The summed E-state index contributed by atoms with van der Waals surface area (Å²) >= 11 is 0. The number of aromatic nitrogens is 2. The Morgan fingerprint density at radius 3 is 2.96 bits per heavy atom. The number of nitrogens with zero attached hydrogens (tertiary/aromatic N) is 2. The minimum atomic E-state index is -0.660. The molecule has 3 aromatic rings. The van der Waals surface area contributed by atoms with E-state index in [9.17, 15) is 9.59 Å². The Bertz CT molecular complexity index is 978. The van der Waals surface area contributed by atoms with Crippen LogP contribution in [0, 0.1) is 0 Å². The number of para-hydroxylation sites is 1. The summed E-state index contributed by atoms with van der Waals surface area (Å²) in [6.45, 7) is 0. The number of rotatable bonds is 2. The lowest BCUT2D eigenvalue weighted by Crippen LogP contribution is -2.22. The molecule has 0 aliphatic heterocycles. The average Bonchev–Trinajstić information content (AvgIpc) is 3.04. The fourth-order valence-corrected chi connectivity index (χ4v) is 2.86. The number of benzene rings is 1. The van der Waals surface area contributed by atoms with E-state index in [4.69, 9.17) is 4.42 Å². The Kier molecular flexibility index (Phi) is 3.15. The first-order chi connectivity index (χ1) is 11.2. The second-order valence-corrected chi connectivity index (χ2v) is 5.44. The number of anilines is 1. The number of amides is 1. The van der Waals surface area contributed by atoms with Crippen molar-refractivity contribution in [2.45, 2.75) is 19.3 Å². The van der Waals surface area contributed by atoms with Crippen molar-refractivity contribution >= 4 is 22.7 Å². The molecule has 1 amide bonds. The van der Waals surface area contributed by atoms with Crippen molar-refractivity contribution in [1.82, 2.24) is 9.97 Å². The summed E-state index contributed by atoms with van der Waals surface area (Å²) in [5, 5.41) is 3.41. The van der Waals surface area contributed by atoms with Crippen molar-refractivity contribution in [3.63, 3.8) is 0 Å². The van der Waals surface area contributed by atoms with Gasteiger partial charge in [0.05, 0.1) is 0 Å². The third-order valence-electron chi connectivity index (χ3n) is 3.99. The molecule has 23 heavy (non-hydrogen) atoms. The molecule has 1 aromatic carbocycles. The fraction of sp³-hybridized carbons (Fsp3) is 0.176. The van der Waals surface area contributed by atoms with Gasteiger partial charge in [-0.05, 0) is 31.4 Å². The molecule has 2 heterocycles. The summed E-state index contributed by atoms with van der Waals surface area (Å²) in [7, 11) is 0. The number of fused-ring (bicyclic) bond motifs is 2. The quantitative estimate of drug-likeness (QED) is 0.734. The summed E-state index contributed by atoms with van der Waals surface area (Å²) < 4.78 is 5.20. The zero-order valence-corrected chi connectivity index (χ0v) is 12.2. The summed E-state index contributed by atoms with van der Waals surface area (Å²) in [6, 6.07) is 8.61. The van der Waals surface area contributed by atoms with E-state index in [-0.39, 0.29) is 5.56 Å². The first-order valence-electron chi connectivity index (χ1n) is 7.39. The summed E-state index contributed by atoms with van der Waals surface area (Å²) in [5.74, 6) is -0.0395. The predicted molar refractivity (Wildman–Crippen MR) is 84.5 cm³/mol. The monoisotopic (exact) mass is 307 g/mol. The van der Waals surface area contributed by atoms with E-state index in [1.54, 1.807) is 18.2 Å². The first kappa shape index (κ1) is 13.6. The SMILES string of the molecule is O=C(Nc1ncnc2c1CCC2)c1cc2ccccc2oc1=O. The molecule has 0 bridgehead atoms. The van der Waals surface area contributed by atoms with E-state index in [0.29, 0.717) is 16.8 Å². The number of carbonyl (C=O) groups is 1. The van der Waals surface area contributed by atoms with Crippen molar-refractivity contribution in [2.24, 2.45) is 0 Å². The largest absolute Gasteiger partial charge is 0.422 e. The molecule has 1 N–H and O–H groups in total. The van der Waals surface area contributed by atoms with Gasteiger partial charge in [0.1, 0.15) is 23.3 Å². The molecule has 4 rings (SSSR count). The van der Waals surface area contributed by atoms with Gasteiger partial charge in [-0.25, -0.2) is 14.8 Å². The van der Waals surface area contributed by atoms with E-state index >= 15 is 0 Å². The number of hydrogen-bond acceptors (Lipinski definition) is 5. The van der Waals surface area contributed by atoms with Crippen LogP contribution in [0.1, 0.15) is 28.0 Å². The van der Waals surface area contributed by atoms with E-state index in [1.165, 1.54) is 12.4 Å². The highest BCUT2D eigenvalue weighted by atomic mass is 16.4. The highest BCUT2D eigenvalue weighted by Gasteiger charge is 2.20. The molecule has 0 saturated heterocycles. The smallest absolute Gasteiger partial charge is 0.349 e. The van der Waals surface area contributed by atoms with Gasteiger partial charge in [-0.15, -0.1) is 0 Å². The van der Waals surface area contributed by atoms with Crippen molar-refractivity contribution in [3.05, 3.63) is 63.9 Å². The van der Waals surface area contributed by atoms with Gasteiger partial charge in [0.25, 0.3) is 5.91 Å². The molecule has 6 heteroatoms. The zero-order chi connectivity index (χ0) is 15.8. The molecule has 1 aliphatic carbocycles. The Hall–Kier alpha value is -3.02. The minimum absolute atomic E-state index is 0.0333. The molecule has 114 valence electrons. The van der Waals surface area contributed by atoms with Crippen LogP contribution in [0.4, 0.5) is 5.82 Å². The van der Waals surface area contributed by atoms with Crippen molar-refractivity contribution < 1.29 is 9.21 Å². The lowest BCUT2D eigenvalue weighted by atomic mass is 10.1. The second kappa shape index (κ2) is 5.31. The zero-order valence-electron chi connectivity index (χ0n) is 12.2. The molecule has 0 atom stereocenters. The van der Waals surface area contributed by atoms with Crippen molar-refractivity contribution in [2.75, 3.05) is 5.32 Å². The molecule has 0 unspecified atom stereocenters.